The minimum absolute atomic E-state index is 0.135. The highest BCUT2D eigenvalue weighted by Gasteiger charge is 2.30. The summed E-state index contributed by atoms with van der Waals surface area (Å²) in [6, 6.07) is 2.36. The Bertz CT molecular complexity index is 720. The van der Waals surface area contributed by atoms with Gasteiger partial charge in [0.1, 0.15) is 0 Å². The first-order valence-electron chi connectivity index (χ1n) is 8.70. The van der Waals surface area contributed by atoms with Crippen LogP contribution in [0.25, 0.3) is 5.82 Å². The normalized spacial score (nSPS) is 15.9. The average molecular weight is 369 g/mol. The maximum absolute atomic E-state index is 12.7. The van der Waals surface area contributed by atoms with E-state index in [-0.39, 0.29) is 12.2 Å². The summed E-state index contributed by atoms with van der Waals surface area (Å²) in [6.07, 6.45) is 0.648. The van der Waals surface area contributed by atoms with E-state index in [2.05, 4.69) is 10.1 Å². The minimum Gasteiger partial charge on any atom is -0.350 e. The van der Waals surface area contributed by atoms with Crippen molar-refractivity contribution in [2.45, 2.75) is 51.5 Å². The Morgan fingerprint density at radius 3 is 2.54 bits per heavy atom. The van der Waals surface area contributed by atoms with Gasteiger partial charge >= 0.3 is 6.18 Å². The second kappa shape index (κ2) is 7.75. The molecule has 0 atom stereocenters. The molecule has 1 fully saturated rings. The van der Waals surface area contributed by atoms with E-state index < -0.39 is 11.7 Å². The molecule has 0 aliphatic carbocycles. The first kappa shape index (κ1) is 18.8. The van der Waals surface area contributed by atoms with Gasteiger partial charge in [-0.25, -0.2) is 9.67 Å². The number of alkyl halides is 3. The van der Waals surface area contributed by atoms with Crippen LogP contribution in [-0.2, 0) is 22.1 Å². The van der Waals surface area contributed by atoms with Gasteiger partial charge in [0.2, 0.25) is 0 Å². The van der Waals surface area contributed by atoms with E-state index in [1.54, 1.807) is 4.68 Å². The molecule has 0 N–H and O–H groups in total. The van der Waals surface area contributed by atoms with Crippen molar-refractivity contribution in [3.05, 3.63) is 41.3 Å². The summed E-state index contributed by atoms with van der Waals surface area (Å²) in [5.74, 6) is 0.577. The predicted molar refractivity (Wildman–Crippen MR) is 89.1 cm³/mol. The fraction of sp³-hybridized carbons (Fsp3) is 0.556. The van der Waals surface area contributed by atoms with E-state index in [1.807, 2.05) is 20.0 Å². The van der Waals surface area contributed by atoms with Gasteiger partial charge in [-0.15, -0.1) is 0 Å². The summed E-state index contributed by atoms with van der Waals surface area (Å²) < 4.78 is 50.5. The van der Waals surface area contributed by atoms with Crippen molar-refractivity contribution in [3.63, 3.8) is 0 Å². The molecule has 2 aromatic heterocycles. The van der Waals surface area contributed by atoms with E-state index in [4.69, 9.17) is 9.47 Å². The standard InChI is InChI=1S/C18H22F3N3O2/c1-12(2)17-13(4-3-5-16-25-8-9-26-16)11-24(23-17)15-7-6-14(10-22-15)18(19,20)21/h6-7,10-12,16H,3-5,8-9H2,1-2H3. The monoisotopic (exact) mass is 369 g/mol. The van der Waals surface area contributed by atoms with E-state index in [0.29, 0.717) is 19.0 Å². The van der Waals surface area contributed by atoms with Crippen molar-refractivity contribution in [1.82, 2.24) is 14.8 Å². The molecule has 3 heterocycles. The van der Waals surface area contributed by atoms with Crippen LogP contribution in [0, 0.1) is 0 Å². The van der Waals surface area contributed by atoms with Crippen LogP contribution in [0.15, 0.2) is 24.5 Å². The number of pyridine rings is 1. The lowest BCUT2D eigenvalue weighted by molar-refractivity contribution is -0.137. The third kappa shape index (κ3) is 4.42. The maximum atomic E-state index is 12.7. The molecule has 3 rings (SSSR count). The summed E-state index contributed by atoms with van der Waals surface area (Å²) in [6.45, 7) is 5.36. The molecule has 0 saturated carbocycles. The van der Waals surface area contributed by atoms with Crippen LogP contribution < -0.4 is 0 Å². The van der Waals surface area contributed by atoms with Gasteiger partial charge in [0.05, 0.1) is 24.5 Å². The van der Waals surface area contributed by atoms with Crippen molar-refractivity contribution in [3.8, 4) is 5.82 Å². The molecule has 8 heteroatoms. The summed E-state index contributed by atoms with van der Waals surface area (Å²) in [4.78, 5) is 3.91. The molecule has 1 aliphatic heterocycles. The molecule has 1 aliphatic rings. The van der Waals surface area contributed by atoms with Crippen molar-refractivity contribution < 1.29 is 22.6 Å². The smallest absolute Gasteiger partial charge is 0.350 e. The van der Waals surface area contributed by atoms with Crippen LogP contribution in [-0.4, -0.2) is 34.3 Å². The Balaban J connectivity index is 1.73. The molecule has 0 aromatic carbocycles. The Morgan fingerprint density at radius 1 is 1.23 bits per heavy atom. The van der Waals surface area contributed by atoms with E-state index in [1.165, 1.54) is 6.07 Å². The molecular weight excluding hydrogens is 347 g/mol. The average Bonchev–Trinajstić information content (AvgIpc) is 3.24. The number of hydrogen-bond donors (Lipinski definition) is 0. The molecule has 0 amide bonds. The fourth-order valence-corrected chi connectivity index (χ4v) is 2.94. The van der Waals surface area contributed by atoms with Gasteiger partial charge in [-0.05, 0) is 42.9 Å². The number of halogens is 3. The quantitative estimate of drug-likeness (QED) is 0.769. The molecule has 2 aromatic rings. The van der Waals surface area contributed by atoms with Crippen LogP contribution in [0.2, 0.25) is 0 Å². The third-order valence-corrected chi connectivity index (χ3v) is 4.26. The van der Waals surface area contributed by atoms with Gasteiger partial charge in [-0.2, -0.15) is 18.3 Å². The van der Waals surface area contributed by atoms with Crippen LogP contribution >= 0.6 is 0 Å². The van der Waals surface area contributed by atoms with Crippen molar-refractivity contribution in [2.75, 3.05) is 13.2 Å². The molecule has 0 radical (unpaired) electrons. The van der Waals surface area contributed by atoms with E-state index in [9.17, 15) is 13.2 Å². The zero-order valence-electron chi connectivity index (χ0n) is 14.8. The SMILES string of the molecule is CC(C)c1nn(-c2ccc(C(F)(F)F)cn2)cc1CCCC1OCCO1. The summed E-state index contributed by atoms with van der Waals surface area (Å²) >= 11 is 0. The van der Waals surface area contributed by atoms with Gasteiger partial charge in [-0.3, -0.25) is 0 Å². The zero-order valence-corrected chi connectivity index (χ0v) is 14.8. The van der Waals surface area contributed by atoms with Crippen LogP contribution in [0.1, 0.15) is 49.4 Å². The number of hydrogen-bond acceptors (Lipinski definition) is 4. The lowest BCUT2D eigenvalue weighted by atomic mass is 10.0. The lowest BCUT2D eigenvalue weighted by Gasteiger charge is -2.09. The highest BCUT2D eigenvalue weighted by atomic mass is 19.4. The molecular formula is C18H22F3N3O2. The third-order valence-electron chi connectivity index (χ3n) is 4.26. The van der Waals surface area contributed by atoms with Gasteiger partial charge in [0, 0.05) is 12.4 Å². The van der Waals surface area contributed by atoms with Crippen LogP contribution in [0.5, 0.6) is 0 Å². The van der Waals surface area contributed by atoms with E-state index >= 15 is 0 Å². The largest absolute Gasteiger partial charge is 0.417 e. The highest BCUT2D eigenvalue weighted by molar-refractivity contribution is 5.30. The van der Waals surface area contributed by atoms with Gasteiger partial charge in [0.15, 0.2) is 12.1 Å². The number of rotatable bonds is 6. The summed E-state index contributed by atoms with van der Waals surface area (Å²) in [7, 11) is 0. The second-order valence-electron chi connectivity index (χ2n) is 6.61. The number of aromatic nitrogens is 3. The topological polar surface area (TPSA) is 49.2 Å². The summed E-state index contributed by atoms with van der Waals surface area (Å²) in [5.41, 5.74) is 1.23. The lowest BCUT2D eigenvalue weighted by Crippen LogP contribution is -2.07. The Labute approximate surface area is 150 Å². The fourth-order valence-electron chi connectivity index (χ4n) is 2.94. The highest BCUT2D eigenvalue weighted by Crippen LogP contribution is 2.29. The van der Waals surface area contributed by atoms with Crippen LogP contribution in [0.3, 0.4) is 0 Å². The number of nitrogens with zero attached hydrogens (tertiary/aromatic N) is 3. The first-order valence-corrected chi connectivity index (χ1v) is 8.70. The predicted octanol–water partition coefficient (Wildman–Crippen LogP) is 4.11. The number of aryl methyl sites for hydroxylation is 1. The van der Waals surface area contributed by atoms with Crippen molar-refractivity contribution >= 4 is 0 Å². The molecule has 1 saturated heterocycles. The van der Waals surface area contributed by atoms with E-state index in [0.717, 1.165) is 42.8 Å². The Kier molecular flexibility index (Phi) is 5.62. The van der Waals surface area contributed by atoms with Gasteiger partial charge in [0.25, 0.3) is 0 Å². The van der Waals surface area contributed by atoms with Crippen LogP contribution in [0.4, 0.5) is 13.2 Å². The Morgan fingerprint density at radius 2 is 1.96 bits per heavy atom. The molecule has 26 heavy (non-hydrogen) atoms. The molecule has 0 spiro atoms. The molecule has 142 valence electrons. The Hall–Kier alpha value is -1.93. The van der Waals surface area contributed by atoms with Crippen molar-refractivity contribution in [2.24, 2.45) is 0 Å². The summed E-state index contributed by atoms with van der Waals surface area (Å²) in [5, 5.41) is 4.53. The number of ether oxygens (including phenoxy) is 2. The van der Waals surface area contributed by atoms with Crippen molar-refractivity contribution in [1.29, 1.82) is 0 Å². The van der Waals surface area contributed by atoms with Gasteiger partial charge < -0.3 is 9.47 Å². The zero-order chi connectivity index (χ0) is 18.7. The first-order chi connectivity index (χ1) is 12.3. The molecule has 5 nitrogen and oxygen atoms in total. The molecule has 0 bridgehead atoms. The molecule has 0 unspecified atom stereocenters. The van der Waals surface area contributed by atoms with Gasteiger partial charge in [-0.1, -0.05) is 13.8 Å². The maximum Gasteiger partial charge on any atom is 0.417 e. The second-order valence-corrected chi connectivity index (χ2v) is 6.61. The minimum atomic E-state index is -4.39.